The van der Waals surface area contributed by atoms with Crippen LogP contribution >= 0.6 is 11.6 Å². The Bertz CT molecular complexity index is 759. The maximum atomic E-state index is 7.31. The standard InChI is InChI=1S/C14H9ClN4O/c1-17-11-10(8-6-4-5-7-9(8)15)12(18-2)14(20-3)19-13(11)16/h4-7H,3H3,(H2,16,19). The molecule has 0 radical (unpaired) electrons. The predicted molar refractivity (Wildman–Crippen MR) is 78.2 cm³/mol. The van der Waals surface area contributed by atoms with E-state index in [2.05, 4.69) is 14.7 Å². The van der Waals surface area contributed by atoms with E-state index >= 15 is 0 Å². The van der Waals surface area contributed by atoms with Crippen molar-refractivity contribution >= 4 is 28.8 Å². The highest BCUT2D eigenvalue weighted by Crippen LogP contribution is 2.48. The van der Waals surface area contributed by atoms with Gasteiger partial charge in [-0.1, -0.05) is 29.8 Å². The van der Waals surface area contributed by atoms with Gasteiger partial charge in [0, 0.05) is 10.6 Å². The Hall–Kier alpha value is -2.76. The fourth-order valence-electron chi connectivity index (χ4n) is 1.84. The van der Waals surface area contributed by atoms with Crippen LogP contribution < -0.4 is 10.5 Å². The summed E-state index contributed by atoms with van der Waals surface area (Å²) in [6.07, 6.45) is 0. The topological polar surface area (TPSA) is 56.9 Å². The van der Waals surface area contributed by atoms with E-state index in [0.29, 0.717) is 16.1 Å². The molecule has 6 heteroatoms. The molecule has 0 aliphatic carbocycles. The second-order valence-electron chi connectivity index (χ2n) is 3.78. The lowest BCUT2D eigenvalue weighted by atomic mass is 10.0. The molecule has 98 valence electrons. The van der Waals surface area contributed by atoms with Crippen LogP contribution in [0.2, 0.25) is 5.02 Å². The quantitative estimate of drug-likeness (QED) is 0.845. The second kappa shape index (κ2) is 5.48. The number of nitrogen functional groups attached to an aromatic ring is 1. The SMILES string of the molecule is [C-]#[N+]c1c(N)nc(OC)c([N+]#[C-])c1-c1ccccc1Cl. The summed E-state index contributed by atoms with van der Waals surface area (Å²) in [6, 6.07) is 6.94. The zero-order valence-electron chi connectivity index (χ0n) is 10.5. The molecular weight excluding hydrogens is 276 g/mol. The zero-order chi connectivity index (χ0) is 14.7. The summed E-state index contributed by atoms with van der Waals surface area (Å²) < 4.78 is 5.07. The van der Waals surface area contributed by atoms with Crippen molar-refractivity contribution in [1.82, 2.24) is 4.98 Å². The molecule has 20 heavy (non-hydrogen) atoms. The third kappa shape index (κ3) is 2.11. The predicted octanol–water partition coefficient (Wildman–Crippen LogP) is 4.09. The summed E-state index contributed by atoms with van der Waals surface area (Å²) in [5.74, 6) is 0.0963. The highest BCUT2D eigenvalue weighted by atomic mass is 35.5. The number of hydrogen-bond donors (Lipinski definition) is 1. The molecule has 2 aromatic rings. The molecule has 0 spiro atoms. The summed E-state index contributed by atoms with van der Waals surface area (Å²) >= 11 is 6.16. The first kappa shape index (κ1) is 13.7. The van der Waals surface area contributed by atoms with Crippen LogP contribution in [0, 0.1) is 13.1 Å². The lowest BCUT2D eigenvalue weighted by molar-refractivity contribution is 0.401. The molecule has 0 amide bonds. The van der Waals surface area contributed by atoms with E-state index in [9.17, 15) is 0 Å². The van der Waals surface area contributed by atoms with Gasteiger partial charge in [0.1, 0.15) is 5.82 Å². The maximum absolute atomic E-state index is 7.31. The number of aromatic nitrogens is 1. The molecule has 0 saturated heterocycles. The first-order valence-electron chi connectivity index (χ1n) is 5.51. The molecule has 0 bridgehead atoms. The number of ether oxygens (including phenoxy) is 1. The Morgan fingerprint density at radius 1 is 1.20 bits per heavy atom. The molecule has 5 nitrogen and oxygen atoms in total. The minimum absolute atomic E-state index is 0.0131. The lowest BCUT2D eigenvalue weighted by Crippen LogP contribution is -1.97. The highest BCUT2D eigenvalue weighted by Gasteiger charge is 2.22. The summed E-state index contributed by atoms with van der Waals surface area (Å²) in [5, 5.41) is 0.426. The Kier molecular flexibility index (Phi) is 3.74. The summed E-state index contributed by atoms with van der Waals surface area (Å²) in [7, 11) is 1.39. The van der Waals surface area contributed by atoms with Crippen LogP contribution in [0.5, 0.6) is 5.88 Å². The summed E-state index contributed by atoms with van der Waals surface area (Å²) in [6.45, 7) is 14.6. The first-order valence-corrected chi connectivity index (χ1v) is 5.89. The van der Waals surface area contributed by atoms with Crippen molar-refractivity contribution in [1.29, 1.82) is 0 Å². The van der Waals surface area contributed by atoms with E-state index in [1.54, 1.807) is 24.3 Å². The van der Waals surface area contributed by atoms with Gasteiger partial charge < -0.3 is 10.5 Å². The maximum Gasteiger partial charge on any atom is 0.244 e. The number of benzene rings is 1. The van der Waals surface area contributed by atoms with Crippen LogP contribution in [-0.2, 0) is 0 Å². The molecule has 0 aliphatic heterocycles. The fraction of sp³-hybridized carbons (Fsp3) is 0.0714. The van der Waals surface area contributed by atoms with Gasteiger partial charge in [-0.25, -0.2) is 14.7 Å². The molecule has 2 N–H and O–H groups in total. The molecule has 0 unspecified atom stereocenters. The number of methoxy groups -OCH3 is 1. The van der Waals surface area contributed by atoms with Gasteiger partial charge in [0.15, 0.2) is 0 Å². The van der Waals surface area contributed by atoms with Crippen LogP contribution in [0.4, 0.5) is 17.2 Å². The number of anilines is 1. The van der Waals surface area contributed by atoms with E-state index in [4.69, 9.17) is 35.2 Å². The molecule has 0 saturated carbocycles. The van der Waals surface area contributed by atoms with Gasteiger partial charge in [-0.05, 0) is 11.6 Å². The van der Waals surface area contributed by atoms with Gasteiger partial charge in [0.05, 0.1) is 20.3 Å². The van der Waals surface area contributed by atoms with E-state index in [1.165, 1.54) is 7.11 Å². The van der Waals surface area contributed by atoms with Crippen molar-refractivity contribution in [3.05, 3.63) is 52.1 Å². The third-order valence-electron chi connectivity index (χ3n) is 2.70. The van der Waals surface area contributed by atoms with Crippen molar-refractivity contribution in [2.24, 2.45) is 0 Å². The monoisotopic (exact) mass is 284 g/mol. The van der Waals surface area contributed by atoms with Crippen LogP contribution in [0.15, 0.2) is 24.3 Å². The average molecular weight is 285 g/mol. The second-order valence-corrected chi connectivity index (χ2v) is 4.19. The van der Waals surface area contributed by atoms with Crippen molar-refractivity contribution in [2.75, 3.05) is 12.8 Å². The van der Waals surface area contributed by atoms with Gasteiger partial charge in [-0.2, -0.15) is 0 Å². The largest absolute Gasteiger partial charge is 0.490 e. The van der Waals surface area contributed by atoms with E-state index < -0.39 is 0 Å². The van der Waals surface area contributed by atoms with Gasteiger partial charge in [-0.3, -0.25) is 0 Å². The summed E-state index contributed by atoms with van der Waals surface area (Å²) in [5.41, 5.74) is 6.90. The van der Waals surface area contributed by atoms with Crippen LogP contribution in [0.3, 0.4) is 0 Å². The Balaban J connectivity index is 2.94. The summed E-state index contributed by atoms with van der Waals surface area (Å²) in [4.78, 5) is 10.7. The molecule has 0 fully saturated rings. The van der Waals surface area contributed by atoms with Gasteiger partial charge in [0.2, 0.25) is 17.3 Å². The first-order chi connectivity index (χ1) is 9.63. The molecular formula is C14H9ClN4O. The molecule has 0 atom stereocenters. The zero-order valence-corrected chi connectivity index (χ0v) is 11.3. The van der Waals surface area contributed by atoms with Crippen LogP contribution in [0.25, 0.3) is 20.8 Å². The number of pyridine rings is 1. The van der Waals surface area contributed by atoms with E-state index in [-0.39, 0.29) is 23.1 Å². The molecule has 1 heterocycles. The lowest BCUT2D eigenvalue weighted by Gasteiger charge is -2.13. The van der Waals surface area contributed by atoms with Crippen molar-refractivity contribution < 1.29 is 4.74 Å². The third-order valence-corrected chi connectivity index (χ3v) is 3.03. The fourth-order valence-corrected chi connectivity index (χ4v) is 2.07. The Morgan fingerprint density at radius 2 is 1.85 bits per heavy atom. The number of halogens is 1. The molecule has 1 aromatic carbocycles. The molecule has 1 aromatic heterocycles. The van der Waals surface area contributed by atoms with Gasteiger partial charge >= 0.3 is 0 Å². The molecule has 2 rings (SSSR count). The minimum Gasteiger partial charge on any atom is -0.490 e. The number of nitrogens with two attached hydrogens (primary N) is 1. The van der Waals surface area contributed by atoms with Gasteiger partial charge in [-0.15, -0.1) is 0 Å². The van der Waals surface area contributed by atoms with E-state index in [0.717, 1.165) is 0 Å². The van der Waals surface area contributed by atoms with Crippen molar-refractivity contribution in [3.63, 3.8) is 0 Å². The average Bonchev–Trinajstić information content (AvgIpc) is 2.46. The number of rotatable bonds is 2. The Morgan fingerprint density at radius 3 is 2.40 bits per heavy atom. The van der Waals surface area contributed by atoms with Crippen LogP contribution in [0.1, 0.15) is 0 Å². The smallest absolute Gasteiger partial charge is 0.244 e. The number of hydrogen-bond acceptors (Lipinski definition) is 3. The van der Waals surface area contributed by atoms with Crippen molar-refractivity contribution in [2.45, 2.75) is 0 Å². The van der Waals surface area contributed by atoms with Gasteiger partial charge in [0.25, 0.3) is 0 Å². The van der Waals surface area contributed by atoms with Crippen LogP contribution in [-0.4, -0.2) is 12.1 Å². The Labute approximate surface area is 121 Å². The number of nitrogens with zero attached hydrogens (tertiary/aromatic N) is 3. The van der Waals surface area contributed by atoms with E-state index in [1.807, 2.05) is 0 Å². The molecule has 0 aliphatic rings. The van der Waals surface area contributed by atoms with Crippen molar-refractivity contribution in [3.8, 4) is 17.0 Å². The minimum atomic E-state index is 0.0131. The highest BCUT2D eigenvalue weighted by molar-refractivity contribution is 6.33. The normalized spacial score (nSPS) is 9.60.